The number of fused-ring (bicyclic) bond motifs is 4. The van der Waals surface area contributed by atoms with Gasteiger partial charge in [0.1, 0.15) is 0 Å². The average molecular weight is 1170 g/mol. The zero-order valence-corrected chi connectivity index (χ0v) is 55.3. The van der Waals surface area contributed by atoms with E-state index in [4.69, 9.17) is 0 Å². The summed E-state index contributed by atoms with van der Waals surface area (Å²) in [6, 6.07) is 101. The maximum absolute atomic E-state index is 2.60. The van der Waals surface area contributed by atoms with Gasteiger partial charge in [-0.05, 0) is 156 Å². The number of para-hydroxylation sites is 2. The molecule has 0 saturated carbocycles. The molecule has 11 aromatic rings. The van der Waals surface area contributed by atoms with Crippen LogP contribution in [0.25, 0.3) is 0 Å². The standard InChI is InChI=1S/C86H86BN3/c1-81(2,3)59-35-39-63(40-36-59)84(9,10)66-45-51-72(52-46-66)90-77-54-48-68(86(13,14)64-41-37-60(38-42-64)82(4,5)6)56-75(77)87-74-55-67(85(11,12)62-29-21-16-22-30-62)47-53-76(74)89(71-49-43-65(44-50-71)83(7,8)61-27-19-15-20-28-61)78-57-73(58-79(90)80(78)87)88(69-31-23-17-24-32-69)70-33-25-18-26-34-70/h15-58H,1-14H3. The van der Waals surface area contributed by atoms with Crippen LogP contribution in [0.4, 0.5) is 51.2 Å². The van der Waals surface area contributed by atoms with Crippen LogP contribution in [0.3, 0.4) is 0 Å². The molecule has 3 nitrogen and oxygen atoms in total. The molecule has 2 heterocycles. The summed E-state index contributed by atoms with van der Waals surface area (Å²) in [6.07, 6.45) is 0. The Morgan fingerprint density at radius 3 is 0.833 bits per heavy atom. The molecule has 0 aliphatic carbocycles. The van der Waals surface area contributed by atoms with E-state index < -0.39 is 0 Å². The summed E-state index contributed by atoms with van der Waals surface area (Å²) in [5.74, 6) is 0. The molecule has 0 bridgehead atoms. The van der Waals surface area contributed by atoms with Crippen LogP contribution in [0.15, 0.2) is 267 Å². The molecule has 2 aliphatic rings. The Hall–Kier alpha value is -9.12. The molecule has 0 N–H and O–H groups in total. The van der Waals surface area contributed by atoms with Crippen LogP contribution >= 0.6 is 0 Å². The van der Waals surface area contributed by atoms with E-state index in [1.54, 1.807) is 0 Å². The molecular formula is C86H86BN3. The lowest BCUT2D eigenvalue weighted by atomic mass is 9.33. The van der Waals surface area contributed by atoms with Crippen molar-refractivity contribution in [2.45, 2.75) is 129 Å². The normalized spacial score (nSPS) is 13.4. The second-order valence-corrected chi connectivity index (χ2v) is 29.5. The summed E-state index contributed by atoms with van der Waals surface area (Å²) in [6.45, 7) is 32.6. The minimum absolute atomic E-state index is 0.0464. The lowest BCUT2D eigenvalue weighted by Crippen LogP contribution is -2.61. The Labute approximate surface area is 537 Å². The first kappa shape index (κ1) is 59.8. The number of hydrogen-bond donors (Lipinski definition) is 0. The first-order valence-electron chi connectivity index (χ1n) is 32.4. The van der Waals surface area contributed by atoms with Gasteiger partial charge < -0.3 is 14.7 Å². The summed E-state index contributed by atoms with van der Waals surface area (Å²) >= 11 is 0. The highest BCUT2D eigenvalue weighted by Gasteiger charge is 2.46. The van der Waals surface area contributed by atoms with Crippen molar-refractivity contribution >= 4 is 74.3 Å². The molecule has 0 unspecified atom stereocenters. The maximum Gasteiger partial charge on any atom is 0.252 e. The topological polar surface area (TPSA) is 9.72 Å². The van der Waals surface area contributed by atoms with Crippen LogP contribution < -0.4 is 31.1 Å². The molecule has 13 rings (SSSR count). The van der Waals surface area contributed by atoms with E-state index in [1.807, 2.05) is 0 Å². The van der Waals surface area contributed by atoms with Crippen molar-refractivity contribution in [2.75, 3.05) is 14.7 Å². The average Bonchev–Trinajstić information content (AvgIpc) is 0.697. The summed E-state index contributed by atoms with van der Waals surface area (Å²) in [5.41, 5.74) is 25.9. The minimum atomic E-state index is -0.330. The van der Waals surface area contributed by atoms with Crippen molar-refractivity contribution < 1.29 is 0 Å². The van der Waals surface area contributed by atoms with E-state index in [0.717, 1.165) is 39.8 Å². The fraction of sp³-hybridized carbons (Fsp3) is 0.233. The number of nitrogens with zero attached hydrogens (tertiary/aromatic N) is 3. The van der Waals surface area contributed by atoms with Crippen LogP contribution in [0.2, 0.25) is 0 Å². The van der Waals surface area contributed by atoms with E-state index in [0.29, 0.717) is 0 Å². The highest BCUT2D eigenvalue weighted by molar-refractivity contribution is 7.00. The predicted octanol–water partition coefficient (Wildman–Crippen LogP) is 21.1. The Morgan fingerprint density at radius 1 is 0.244 bits per heavy atom. The summed E-state index contributed by atoms with van der Waals surface area (Å²) in [4.78, 5) is 7.63. The van der Waals surface area contributed by atoms with Gasteiger partial charge in [-0.3, -0.25) is 0 Å². The van der Waals surface area contributed by atoms with Crippen LogP contribution in [0.5, 0.6) is 0 Å². The Kier molecular flexibility index (Phi) is 14.9. The zero-order chi connectivity index (χ0) is 63.1. The molecule has 0 spiro atoms. The Balaban J connectivity index is 1.10. The van der Waals surface area contributed by atoms with Crippen molar-refractivity contribution in [3.63, 3.8) is 0 Å². The lowest BCUT2D eigenvalue weighted by Gasteiger charge is -2.46. The van der Waals surface area contributed by atoms with Crippen molar-refractivity contribution in [1.82, 2.24) is 0 Å². The van der Waals surface area contributed by atoms with Gasteiger partial charge in [0.05, 0.1) is 5.69 Å². The van der Waals surface area contributed by atoms with E-state index in [9.17, 15) is 0 Å². The van der Waals surface area contributed by atoms with Gasteiger partial charge >= 0.3 is 0 Å². The molecular weight excluding hydrogens is 1090 g/mol. The number of rotatable bonds is 13. The first-order valence-corrected chi connectivity index (χ1v) is 32.4. The van der Waals surface area contributed by atoms with Crippen molar-refractivity contribution in [1.29, 1.82) is 0 Å². The maximum atomic E-state index is 2.60. The van der Waals surface area contributed by atoms with E-state index in [-0.39, 0.29) is 39.2 Å². The van der Waals surface area contributed by atoms with E-state index in [1.165, 1.54) is 83.4 Å². The van der Waals surface area contributed by atoms with Crippen molar-refractivity contribution in [3.8, 4) is 0 Å². The fourth-order valence-corrected chi connectivity index (χ4v) is 14.3. The smallest absolute Gasteiger partial charge is 0.252 e. The third-order valence-electron chi connectivity index (χ3n) is 20.4. The van der Waals surface area contributed by atoms with Gasteiger partial charge in [0.25, 0.3) is 6.71 Å². The molecule has 0 amide bonds. The molecule has 90 heavy (non-hydrogen) atoms. The number of hydrogen-bond acceptors (Lipinski definition) is 3. The monoisotopic (exact) mass is 1170 g/mol. The zero-order valence-electron chi connectivity index (χ0n) is 55.3. The third kappa shape index (κ3) is 10.6. The molecule has 4 heteroatoms. The molecule has 11 aromatic carbocycles. The second-order valence-electron chi connectivity index (χ2n) is 29.5. The van der Waals surface area contributed by atoms with Crippen LogP contribution in [0, 0.1) is 0 Å². The fourth-order valence-electron chi connectivity index (χ4n) is 14.3. The Morgan fingerprint density at radius 2 is 0.511 bits per heavy atom. The Bertz CT molecular complexity index is 4340. The molecule has 0 radical (unpaired) electrons. The van der Waals surface area contributed by atoms with Crippen molar-refractivity contribution in [2.24, 2.45) is 0 Å². The second kappa shape index (κ2) is 22.4. The number of anilines is 9. The number of benzene rings is 11. The molecule has 2 aliphatic heterocycles. The highest BCUT2D eigenvalue weighted by Crippen LogP contribution is 2.50. The highest BCUT2D eigenvalue weighted by atomic mass is 15.2. The van der Waals surface area contributed by atoms with E-state index in [2.05, 4.69) is 379 Å². The molecule has 0 saturated heterocycles. The van der Waals surface area contributed by atoms with Crippen LogP contribution in [0.1, 0.15) is 153 Å². The largest absolute Gasteiger partial charge is 0.311 e. The molecule has 448 valence electrons. The third-order valence-corrected chi connectivity index (χ3v) is 20.4. The van der Waals surface area contributed by atoms with Gasteiger partial charge in [-0.15, -0.1) is 0 Å². The van der Waals surface area contributed by atoms with E-state index >= 15 is 0 Å². The summed E-state index contributed by atoms with van der Waals surface area (Å²) in [5, 5.41) is 0. The van der Waals surface area contributed by atoms with Gasteiger partial charge in [0.15, 0.2) is 0 Å². The predicted molar refractivity (Wildman–Crippen MR) is 387 cm³/mol. The molecule has 0 aromatic heterocycles. The van der Waals surface area contributed by atoms with Gasteiger partial charge in [-0.1, -0.05) is 291 Å². The summed E-state index contributed by atoms with van der Waals surface area (Å²) in [7, 11) is 0. The van der Waals surface area contributed by atoms with Gasteiger partial charge in [0.2, 0.25) is 0 Å². The van der Waals surface area contributed by atoms with Crippen LogP contribution in [-0.2, 0) is 32.5 Å². The molecule has 0 atom stereocenters. The van der Waals surface area contributed by atoms with Gasteiger partial charge in [-0.2, -0.15) is 0 Å². The van der Waals surface area contributed by atoms with Crippen molar-refractivity contribution in [3.05, 3.63) is 323 Å². The molecule has 0 fully saturated rings. The SMILES string of the molecule is CC(C)(C)c1ccc(C(C)(C)c2ccc(N3c4ccc(C(C)(C)c5ccc(C(C)(C)C)cc5)cc4B4c5cc(C(C)(C)c6ccccc6)ccc5N(c5ccc(C(C)(C)c6ccccc6)cc5)c5cc(N(c6ccccc6)c6ccccc6)cc3c54)cc2)cc1. The first-order chi connectivity index (χ1) is 42.9. The van der Waals surface area contributed by atoms with Crippen LogP contribution in [-0.4, -0.2) is 6.71 Å². The lowest BCUT2D eigenvalue weighted by molar-refractivity contribution is 0.587. The summed E-state index contributed by atoms with van der Waals surface area (Å²) < 4.78 is 0. The van der Waals surface area contributed by atoms with Gasteiger partial charge in [-0.25, -0.2) is 0 Å². The minimum Gasteiger partial charge on any atom is -0.311 e. The quantitative estimate of drug-likeness (QED) is 0.107. The van der Waals surface area contributed by atoms with Gasteiger partial charge in [0, 0.05) is 67.2 Å².